The van der Waals surface area contributed by atoms with Crippen LogP contribution in [0.25, 0.3) is 0 Å². The first-order valence-corrected chi connectivity index (χ1v) is 12.0. The third-order valence-corrected chi connectivity index (χ3v) is 7.09. The lowest BCUT2D eigenvalue weighted by molar-refractivity contribution is -0.384. The minimum atomic E-state index is -0.586. The summed E-state index contributed by atoms with van der Waals surface area (Å²) in [5.74, 6) is -0.506. The SMILES string of the molecule is O=C(COC(=O)c1ccc2c(c1)C1C=CCC1C(c1ccc(Br)cc1)N2)c1ccc([N+](=O)[O-])cc1. The van der Waals surface area contributed by atoms with Gasteiger partial charge in [-0.15, -0.1) is 0 Å². The quantitative estimate of drug-likeness (QED) is 0.133. The summed E-state index contributed by atoms with van der Waals surface area (Å²) in [5, 5.41) is 14.4. The topological polar surface area (TPSA) is 98.5 Å². The van der Waals surface area contributed by atoms with Gasteiger partial charge in [0.2, 0.25) is 0 Å². The predicted molar refractivity (Wildman–Crippen MR) is 135 cm³/mol. The number of nitrogens with zero attached hydrogens (tertiary/aromatic N) is 1. The van der Waals surface area contributed by atoms with Crippen LogP contribution in [0.4, 0.5) is 11.4 Å². The molecule has 1 heterocycles. The predicted octanol–water partition coefficient (Wildman–Crippen LogP) is 6.22. The van der Waals surface area contributed by atoms with Gasteiger partial charge in [0, 0.05) is 33.8 Å². The second kappa shape index (κ2) is 9.46. The van der Waals surface area contributed by atoms with Crippen molar-refractivity contribution >= 4 is 39.1 Å². The Morgan fingerprint density at radius 2 is 1.74 bits per heavy atom. The first kappa shape index (κ1) is 23.0. The molecular weight excluding hydrogens is 512 g/mol. The van der Waals surface area contributed by atoms with Crippen LogP contribution in [0.1, 0.15) is 50.2 Å². The van der Waals surface area contributed by atoms with Crippen LogP contribution >= 0.6 is 15.9 Å². The van der Waals surface area contributed by atoms with Gasteiger partial charge in [-0.25, -0.2) is 4.79 Å². The van der Waals surface area contributed by atoms with Crippen molar-refractivity contribution in [2.45, 2.75) is 18.4 Å². The number of rotatable bonds is 6. The fourth-order valence-electron chi connectivity index (χ4n) is 4.79. The highest BCUT2D eigenvalue weighted by molar-refractivity contribution is 9.10. The van der Waals surface area contributed by atoms with Crippen molar-refractivity contribution in [1.82, 2.24) is 0 Å². The van der Waals surface area contributed by atoms with E-state index in [0.717, 1.165) is 22.1 Å². The van der Waals surface area contributed by atoms with E-state index in [2.05, 4.69) is 45.5 Å². The van der Waals surface area contributed by atoms with Crippen molar-refractivity contribution in [2.75, 3.05) is 11.9 Å². The maximum atomic E-state index is 12.7. The van der Waals surface area contributed by atoms with E-state index in [4.69, 9.17) is 4.74 Å². The summed E-state index contributed by atoms with van der Waals surface area (Å²) < 4.78 is 6.30. The molecule has 3 aromatic carbocycles. The lowest BCUT2D eigenvalue weighted by Gasteiger charge is -2.37. The van der Waals surface area contributed by atoms with E-state index in [1.54, 1.807) is 6.07 Å². The molecule has 5 rings (SSSR count). The Labute approximate surface area is 210 Å². The summed E-state index contributed by atoms with van der Waals surface area (Å²) in [6.07, 6.45) is 5.32. The number of fused-ring (bicyclic) bond motifs is 3. The van der Waals surface area contributed by atoms with Crippen molar-refractivity contribution in [3.63, 3.8) is 0 Å². The zero-order valence-electron chi connectivity index (χ0n) is 18.5. The molecular formula is C27H21BrN2O5. The van der Waals surface area contributed by atoms with Gasteiger partial charge in [-0.05, 0) is 65.9 Å². The van der Waals surface area contributed by atoms with E-state index in [-0.39, 0.29) is 23.2 Å². The van der Waals surface area contributed by atoms with Gasteiger partial charge in [0.1, 0.15) is 0 Å². The number of hydrogen-bond acceptors (Lipinski definition) is 6. The maximum Gasteiger partial charge on any atom is 0.338 e. The average Bonchev–Trinajstić information content (AvgIpc) is 3.37. The Balaban J connectivity index is 1.30. The summed E-state index contributed by atoms with van der Waals surface area (Å²) in [5.41, 5.74) is 3.74. The fourth-order valence-corrected chi connectivity index (χ4v) is 5.05. The number of esters is 1. The lowest BCUT2D eigenvalue weighted by Crippen LogP contribution is -2.29. The molecule has 2 aliphatic rings. The highest BCUT2D eigenvalue weighted by Gasteiger charge is 2.38. The first-order chi connectivity index (χ1) is 16.9. The number of carbonyl (C=O) groups is 2. The first-order valence-electron chi connectivity index (χ1n) is 11.2. The third-order valence-electron chi connectivity index (χ3n) is 6.56. The van der Waals surface area contributed by atoms with Crippen LogP contribution in [0.2, 0.25) is 0 Å². The van der Waals surface area contributed by atoms with Crippen LogP contribution in [-0.4, -0.2) is 23.3 Å². The zero-order valence-corrected chi connectivity index (χ0v) is 20.1. The van der Waals surface area contributed by atoms with Gasteiger partial charge < -0.3 is 10.1 Å². The Morgan fingerprint density at radius 1 is 1.03 bits per heavy atom. The monoisotopic (exact) mass is 532 g/mol. The number of nitrogens with one attached hydrogen (secondary N) is 1. The van der Waals surface area contributed by atoms with E-state index in [1.807, 2.05) is 24.3 Å². The fraction of sp³-hybridized carbons (Fsp3) is 0.185. The number of ketones is 1. The van der Waals surface area contributed by atoms with Crippen molar-refractivity contribution in [1.29, 1.82) is 0 Å². The maximum absolute atomic E-state index is 12.7. The van der Waals surface area contributed by atoms with Gasteiger partial charge in [0.05, 0.1) is 16.5 Å². The number of halogens is 1. The molecule has 1 aliphatic carbocycles. The summed E-state index contributed by atoms with van der Waals surface area (Å²) in [6, 6.07) is 19.1. The molecule has 7 nitrogen and oxygen atoms in total. The molecule has 0 aromatic heterocycles. The van der Waals surface area contributed by atoms with E-state index in [1.165, 1.54) is 29.8 Å². The molecule has 0 saturated heterocycles. The van der Waals surface area contributed by atoms with Crippen molar-refractivity contribution in [3.8, 4) is 0 Å². The molecule has 35 heavy (non-hydrogen) atoms. The summed E-state index contributed by atoms with van der Waals surface area (Å²) in [4.78, 5) is 35.3. The zero-order chi connectivity index (χ0) is 24.5. The van der Waals surface area contributed by atoms with Crippen LogP contribution in [0.15, 0.2) is 83.4 Å². The molecule has 0 bridgehead atoms. The molecule has 0 amide bonds. The number of Topliss-reactive ketones (excluding diaryl/α,β-unsaturated/α-hetero) is 1. The van der Waals surface area contributed by atoms with E-state index in [9.17, 15) is 19.7 Å². The number of benzene rings is 3. The van der Waals surface area contributed by atoms with Crippen molar-refractivity contribution in [3.05, 3.63) is 116 Å². The summed E-state index contributed by atoms with van der Waals surface area (Å²) in [6.45, 7) is -0.441. The third kappa shape index (κ3) is 4.61. The Morgan fingerprint density at radius 3 is 2.46 bits per heavy atom. The molecule has 1 aliphatic heterocycles. The van der Waals surface area contributed by atoms with E-state index < -0.39 is 23.3 Å². The van der Waals surface area contributed by atoms with E-state index >= 15 is 0 Å². The molecule has 0 spiro atoms. The molecule has 0 radical (unpaired) electrons. The molecule has 3 aromatic rings. The smallest absolute Gasteiger partial charge is 0.338 e. The number of nitro groups is 1. The second-order valence-corrected chi connectivity index (χ2v) is 9.55. The lowest BCUT2D eigenvalue weighted by atomic mass is 9.76. The molecule has 3 atom stereocenters. The van der Waals surface area contributed by atoms with Gasteiger partial charge in [0.25, 0.3) is 5.69 Å². The molecule has 8 heteroatoms. The van der Waals surface area contributed by atoms with Gasteiger partial charge in [-0.3, -0.25) is 14.9 Å². The molecule has 0 fully saturated rings. The minimum absolute atomic E-state index is 0.108. The van der Waals surface area contributed by atoms with Gasteiger partial charge >= 0.3 is 5.97 Å². The Bertz CT molecular complexity index is 1330. The molecule has 176 valence electrons. The standard InChI is InChI=1S/C27H21BrN2O5/c28-19-9-4-17(5-10-19)26-22-3-1-2-21(22)23-14-18(8-13-24(23)29-26)27(32)35-15-25(31)16-6-11-20(12-7-16)30(33)34/h1-2,4-14,21-22,26,29H,3,15H2. The number of nitro benzene ring substituents is 1. The van der Waals surface area contributed by atoms with Gasteiger partial charge in [-0.1, -0.05) is 40.2 Å². The number of hydrogen-bond donors (Lipinski definition) is 1. The van der Waals surface area contributed by atoms with Crippen molar-refractivity contribution < 1.29 is 19.2 Å². The number of carbonyl (C=O) groups excluding carboxylic acids is 2. The van der Waals surface area contributed by atoms with Crippen LogP contribution in [0.5, 0.6) is 0 Å². The van der Waals surface area contributed by atoms with Crippen LogP contribution in [-0.2, 0) is 4.74 Å². The minimum Gasteiger partial charge on any atom is -0.454 e. The average molecular weight is 533 g/mol. The highest BCUT2D eigenvalue weighted by Crippen LogP contribution is 2.50. The number of allylic oxidation sites excluding steroid dienone is 2. The Kier molecular flexibility index (Phi) is 6.21. The van der Waals surface area contributed by atoms with E-state index in [0.29, 0.717) is 11.5 Å². The molecule has 1 N–H and O–H groups in total. The summed E-state index contributed by atoms with van der Waals surface area (Å²) >= 11 is 3.49. The second-order valence-electron chi connectivity index (χ2n) is 8.63. The van der Waals surface area contributed by atoms with Crippen molar-refractivity contribution in [2.24, 2.45) is 5.92 Å². The van der Waals surface area contributed by atoms with Crippen LogP contribution in [0, 0.1) is 16.0 Å². The van der Waals surface area contributed by atoms with Gasteiger partial charge in [0.15, 0.2) is 12.4 Å². The molecule has 3 unspecified atom stereocenters. The number of anilines is 1. The number of ether oxygens (including phenoxy) is 1. The van der Waals surface area contributed by atoms with Gasteiger partial charge in [-0.2, -0.15) is 0 Å². The van der Waals surface area contributed by atoms with Crippen LogP contribution in [0.3, 0.4) is 0 Å². The van der Waals surface area contributed by atoms with Crippen LogP contribution < -0.4 is 5.32 Å². The Hall–Kier alpha value is -3.78. The number of non-ortho nitro benzene ring substituents is 1. The summed E-state index contributed by atoms with van der Waals surface area (Å²) in [7, 11) is 0. The molecule has 0 saturated carbocycles. The highest BCUT2D eigenvalue weighted by atomic mass is 79.9. The largest absolute Gasteiger partial charge is 0.454 e. The normalized spacial score (nSPS) is 19.9.